The Hall–Kier alpha value is -2.98. The van der Waals surface area contributed by atoms with Gasteiger partial charge in [-0.2, -0.15) is 0 Å². The lowest BCUT2D eigenvalue weighted by Crippen LogP contribution is -2.04. The van der Waals surface area contributed by atoms with Crippen molar-refractivity contribution in [1.29, 1.82) is 0 Å². The molecule has 0 bridgehead atoms. The highest BCUT2D eigenvalue weighted by atomic mass is 16.5. The van der Waals surface area contributed by atoms with Crippen LogP contribution in [0.3, 0.4) is 0 Å². The van der Waals surface area contributed by atoms with Gasteiger partial charge in [0.15, 0.2) is 0 Å². The second-order valence-corrected chi connectivity index (χ2v) is 8.86. The minimum atomic E-state index is 0.646. The van der Waals surface area contributed by atoms with Crippen molar-refractivity contribution in [2.75, 3.05) is 26.4 Å². The van der Waals surface area contributed by atoms with Gasteiger partial charge in [0, 0.05) is 11.6 Å². The lowest BCUT2D eigenvalue weighted by Gasteiger charge is -2.15. The molecule has 35 heavy (non-hydrogen) atoms. The zero-order valence-corrected chi connectivity index (χ0v) is 21.4. The molecule has 4 nitrogen and oxygen atoms in total. The number of benzene rings is 3. The first-order valence-electron chi connectivity index (χ1n) is 13.2. The van der Waals surface area contributed by atoms with E-state index in [1.807, 2.05) is 12.1 Å². The van der Waals surface area contributed by atoms with Crippen LogP contribution >= 0.6 is 0 Å². The summed E-state index contributed by atoms with van der Waals surface area (Å²) in [4.78, 5) is 0. The molecule has 0 radical (unpaired) electrons. The minimum Gasteiger partial charge on any atom is -0.494 e. The molecule has 0 aliphatic heterocycles. The number of hydrogen-bond acceptors (Lipinski definition) is 4. The Morgan fingerprint density at radius 3 is 1.77 bits per heavy atom. The van der Waals surface area contributed by atoms with E-state index in [4.69, 9.17) is 19.9 Å². The molecule has 188 valence electrons. The third-order valence-electron chi connectivity index (χ3n) is 5.98. The highest BCUT2D eigenvalue weighted by Gasteiger charge is 2.10. The van der Waals surface area contributed by atoms with Crippen LogP contribution in [0.5, 0.6) is 17.2 Å². The minimum absolute atomic E-state index is 0.646. The topological polar surface area (TPSA) is 53.7 Å². The summed E-state index contributed by atoms with van der Waals surface area (Å²) in [5.74, 6) is 2.64. The fraction of sp³-hybridized carbons (Fsp3) is 0.419. The lowest BCUT2D eigenvalue weighted by molar-refractivity contribution is 0.294. The van der Waals surface area contributed by atoms with Gasteiger partial charge in [0.25, 0.3) is 0 Å². The molecule has 0 spiro atoms. The molecule has 3 aromatic carbocycles. The van der Waals surface area contributed by atoms with Gasteiger partial charge in [0.1, 0.15) is 17.2 Å². The maximum atomic E-state index is 6.17. The Balaban J connectivity index is 1.71. The fourth-order valence-electron chi connectivity index (χ4n) is 3.84. The maximum Gasteiger partial charge on any atom is 0.130 e. The fourth-order valence-corrected chi connectivity index (χ4v) is 3.84. The summed E-state index contributed by atoms with van der Waals surface area (Å²) in [7, 11) is 0. The predicted octanol–water partition coefficient (Wildman–Crippen LogP) is 7.89. The second-order valence-electron chi connectivity index (χ2n) is 8.86. The van der Waals surface area contributed by atoms with Crippen LogP contribution in [0.25, 0.3) is 22.3 Å². The maximum absolute atomic E-state index is 6.17. The van der Waals surface area contributed by atoms with Crippen LogP contribution in [0.1, 0.15) is 58.8 Å². The van der Waals surface area contributed by atoms with Crippen LogP contribution < -0.4 is 19.9 Å². The molecule has 0 atom stereocenters. The molecular formula is C31H41NO3. The number of hydrogen-bond donors (Lipinski definition) is 1. The highest BCUT2D eigenvalue weighted by Crippen LogP contribution is 2.35. The van der Waals surface area contributed by atoms with Crippen LogP contribution in [-0.2, 0) is 0 Å². The predicted molar refractivity (Wildman–Crippen MR) is 147 cm³/mol. The quantitative estimate of drug-likeness (QED) is 0.214. The first-order valence-corrected chi connectivity index (χ1v) is 13.2. The Labute approximate surface area is 211 Å². The van der Waals surface area contributed by atoms with E-state index in [2.05, 4.69) is 68.4 Å². The van der Waals surface area contributed by atoms with Gasteiger partial charge < -0.3 is 19.9 Å². The van der Waals surface area contributed by atoms with Crippen LogP contribution in [0, 0.1) is 0 Å². The molecule has 0 heterocycles. The summed E-state index contributed by atoms with van der Waals surface area (Å²) in [6, 6.07) is 23.1. The van der Waals surface area contributed by atoms with E-state index in [0.29, 0.717) is 13.2 Å². The van der Waals surface area contributed by atoms with E-state index in [-0.39, 0.29) is 0 Å². The Kier molecular flexibility index (Phi) is 11.5. The van der Waals surface area contributed by atoms with Crippen molar-refractivity contribution >= 4 is 0 Å². The number of nitrogens with two attached hydrogens (primary N) is 1. The van der Waals surface area contributed by atoms with Crippen molar-refractivity contribution in [3.8, 4) is 39.5 Å². The first-order chi connectivity index (χ1) is 17.2. The van der Waals surface area contributed by atoms with E-state index in [0.717, 1.165) is 73.7 Å². The van der Waals surface area contributed by atoms with Gasteiger partial charge in [-0.15, -0.1) is 0 Å². The van der Waals surface area contributed by atoms with Gasteiger partial charge in [-0.05, 0) is 73.2 Å². The van der Waals surface area contributed by atoms with Crippen LogP contribution in [0.15, 0.2) is 66.7 Å². The van der Waals surface area contributed by atoms with Gasteiger partial charge in [-0.25, -0.2) is 0 Å². The lowest BCUT2D eigenvalue weighted by atomic mass is 9.99. The van der Waals surface area contributed by atoms with Gasteiger partial charge >= 0.3 is 0 Å². The van der Waals surface area contributed by atoms with Crippen LogP contribution in [-0.4, -0.2) is 26.4 Å². The average Bonchev–Trinajstić information content (AvgIpc) is 2.90. The summed E-state index contributed by atoms with van der Waals surface area (Å²) in [5.41, 5.74) is 10.2. The molecule has 0 aliphatic rings. The molecule has 0 aliphatic carbocycles. The van der Waals surface area contributed by atoms with Crippen molar-refractivity contribution < 1.29 is 14.2 Å². The standard InChI is InChI=1S/C31H41NO3/c1-3-5-8-22-33-28-16-14-26(15-17-28)25-10-12-27(13-11-25)30-19-18-29(34-21-6-4-2)24-31(30)35-23-9-7-20-32/h10-19,24H,3-9,20-23,32H2,1-2H3. The molecule has 0 amide bonds. The largest absolute Gasteiger partial charge is 0.494 e. The molecule has 4 heteroatoms. The Morgan fingerprint density at radius 1 is 0.543 bits per heavy atom. The summed E-state index contributed by atoms with van der Waals surface area (Å²) in [5, 5.41) is 0. The van der Waals surface area contributed by atoms with E-state index in [1.165, 1.54) is 24.0 Å². The van der Waals surface area contributed by atoms with E-state index >= 15 is 0 Å². The third-order valence-corrected chi connectivity index (χ3v) is 5.98. The summed E-state index contributed by atoms with van der Waals surface area (Å²) in [6.45, 7) is 7.20. The van der Waals surface area contributed by atoms with Gasteiger partial charge in [-0.3, -0.25) is 0 Å². The van der Waals surface area contributed by atoms with Crippen molar-refractivity contribution in [2.24, 2.45) is 5.73 Å². The Bertz CT molecular complexity index is 983. The van der Waals surface area contributed by atoms with Gasteiger partial charge in [-0.1, -0.05) is 69.5 Å². The molecule has 0 fully saturated rings. The molecule has 0 aromatic heterocycles. The second kappa shape index (κ2) is 15.1. The summed E-state index contributed by atoms with van der Waals surface area (Å²) < 4.78 is 17.9. The normalized spacial score (nSPS) is 10.8. The molecular weight excluding hydrogens is 434 g/mol. The van der Waals surface area contributed by atoms with E-state index in [9.17, 15) is 0 Å². The van der Waals surface area contributed by atoms with Gasteiger partial charge in [0.05, 0.1) is 19.8 Å². The van der Waals surface area contributed by atoms with Gasteiger partial charge in [0.2, 0.25) is 0 Å². The van der Waals surface area contributed by atoms with Crippen molar-refractivity contribution in [1.82, 2.24) is 0 Å². The highest BCUT2D eigenvalue weighted by molar-refractivity contribution is 5.75. The van der Waals surface area contributed by atoms with Crippen molar-refractivity contribution in [3.05, 3.63) is 66.7 Å². The van der Waals surface area contributed by atoms with Crippen molar-refractivity contribution in [2.45, 2.75) is 58.8 Å². The Morgan fingerprint density at radius 2 is 1.09 bits per heavy atom. The smallest absolute Gasteiger partial charge is 0.130 e. The third kappa shape index (κ3) is 8.63. The number of unbranched alkanes of at least 4 members (excludes halogenated alkanes) is 4. The molecule has 2 N–H and O–H groups in total. The average molecular weight is 476 g/mol. The number of ether oxygens (including phenoxy) is 3. The van der Waals surface area contributed by atoms with E-state index in [1.54, 1.807) is 0 Å². The molecule has 0 saturated carbocycles. The first kappa shape index (κ1) is 26.6. The zero-order valence-electron chi connectivity index (χ0n) is 21.4. The SMILES string of the molecule is CCCCCOc1ccc(-c2ccc(-c3ccc(OCCCC)cc3OCCCCN)cc2)cc1. The molecule has 0 saturated heterocycles. The van der Waals surface area contributed by atoms with Crippen molar-refractivity contribution in [3.63, 3.8) is 0 Å². The van der Waals surface area contributed by atoms with Crippen LogP contribution in [0.2, 0.25) is 0 Å². The molecule has 3 rings (SSSR count). The monoisotopic (exact) mass is 475 g/mol. The zero-order chi connectivity index (χ0) is 24.7. The van der Waals surface area contributed by atoms with Crippen LogP contribution in [0.4, 0.5) is 0 Å². The number of rotatable bonds is 16. The van der Waals surface area contributed by atoms with E-state index < -0.39 is 0 Å². The summed E-state index contributed by atoms with van der Waals surface area (Å²) in [6.07, 6.45) is 7.57. The summed E-state index contributed by atoms with van der Waals surface area (Å²) >= 11 is 0. The molecule has 3 aromatic rings. The molecule has 0 unspecified atom stereocenters.